The lowest BCUT2D eigenvalue weighted by Crippen LogP contribution is -2.46. The molecule has 1 rings (SSSR count). The number of guanidine groups is 1. The highest BCUT2D eigenvalue weighted by Crippen LogP contribution is 2.08. The minimum Gasteiger partial charge on any atom is -0.383 e. The molecule has 0 saturated carbocycles. The van der Waals surface area contributed by atoms with Gasteiger partial charge in [0.25, 0.3) is 0 Å². The second-order valence-corrected chi connectivity index (χ2v) is 5.87. The summed E-state index contributed by atoms with van der Waals surface area (Å²) in [6.07, 6.45) is 0.139. The third-order valence-corrected chi connectivity index (χ3v) is 3.12. The van der Waals surface area contributed by atoms with Crippen LogP contribution in [0.1, 0.15) is 20.8 Å². The Morgan fingerprint density at radius 2 is 2.25 bits per heavy atom. The van der Waals surface area contributed by atoms with Crippen molar-refractivity contribution in [2.45, 2.75) is 32.9 Å². The number of nitrogens with zero attached hydrogens (tertiary/aromatic N) is 2. The summed E-state index contributed by atoms with van der Waals surface area (Å²) in [6, 6.07) is 0.161. The molecule has 0 aromatic rings. The lowest BCUT2D eigenvalue weighted by molar-refractivity contribution is -0.0261. The predicted molar refractivity (Wildman–Crippen MR) is 82.0 cm³/mol. The van der Waals surface area contributed by atoms with Gasteiger partial charge in [0.1, 0.15) is 0 Å². The van der Waals surface area contributed by atoms with Crippen molar-refractivity contribution in [1.82, 2.24) is 10.2 Å². The Kier molecular flexibility index (Phi) is 7.87. The van der Waals surface area contributed by atoms with E-state index in [9.17, 15) is 0 Å². The molecule has 2 atom stereocenters. The lowest BCUT2D eigenvalue weighted by atomic mass is 10.2. The molecule has 2 unspecified atom stereocenters. The lowest BCUT2D eigenvalue weighted by Gasteiger charge is -2.33. The van der Waals surface area contributed by atoms with Crippen LogP contribution >= 0.6 is 0 Å². The maximum atomic E-state index is 5.85. The Morgan fingerprint density at radius 1 is 1.50 bits per heavy atom. The number of methoxy groups -OCH3 is 1. The molecule has 0 aliphatic carbocycles. The fraction of sp³-hybridized carbons (Fsp3) is 0.929. The molecular formula is C14H30N4O2. The van der Waals surface area contributed by atoms with Gasteiger partial charge in [0.2, 0.25) is 0 Å². The van der Waals surface area contributed by atoms with Crippen molar-refractivity contribution >= 4 is 5.96 Å². The van der Waals surface area contributed by atoms with Crippen molar-refractivity contribution in [2.75, 3.05) is 46.5 Å². The van der Waals surface area contributed by atoms with Gasteiger partial charge in [0.05, 0.1) is 25.9 Å². The standard InChI is InChI=1S/C14H30N4O2/c1-11(2)8-18-5-6-20-13(9-18)7-16-14(15)17-12(3)10-19-4/h11-13H,5-10H2,1-4H3,(H3,15,16,17). The number of nitrogens with one attached hydrogen (secondary N) is 1. The van der Waals surface area contributed by atoms with E-state index in [1.165, 1.54) is 0 Å². The van der Waals surface area contributed by atoms with Gasteiger partial charge in [-0.05, 0) is 12.8 Å². The molecule has 1 heterocycles. The predicted octanol–water partition coefficient (Wildman–Crippen LogP) is 0.282. The average Bonchev–Trinajstić information content (AvgIpc) is 2.36. The van der Waals surface area contributed by atoms with Gasteiger partial charge in [-0.15, -0.1) is 0 Å². The molecule has 1 aliphatic heterocycles. The van der Waals surface area contributed by atoms with Gasteiger partial charge in [0, 0.05) is 32.8 Å². The molecule has 20 heavy (non-hydrogen) atoms. The van der Waals surface area contributed by atoms with E-state index in [0.29, 0.717) is 25.0 Å². The zero-order valence-corrected chi connectivity index (χ0v) is 13.3. The second kappa shape index (κ2) is 9.15. The van der Waals surface area contributed by atoms with Crippen molar-refractivity contribution < 1.29 is 9.47 Å². The molecule has 0 bridgehead atoms. The molecule has 6 nitrogen and oxygen atoms in total. The first kappa shape index (κ1) is 17.2. The van der Waals surface area contributed by atoms with Crippen molar-refractivity contribution in [3.8, 4) is 0 Å². The summed E-state index contributed by atoms with van der Waals surface area (Å²) in [4.78, 5) is 6.80. The molecule has 0 radical (unpaired) electrons. The molecule has 1 saturated heterocycles. The Morgan fingerprint density at radius 3 is 2.90 bits per heavy atom. The minimum atomic E-state index is 0.139. The first-order chi connectivity index (χ1) is 9.51. The third-order valence-electron chi connectivity index (χ3n) is 3.12. The van der Waals surface area contributed by atoms with Crippen LogP contribution in [0.2, 0.25) is 0 Å². The minimum absolute atomic E-state index is 0.139. The topological polar surface area (TPSA) is 72.1 Å². The number of nitrogens with two attached hydrogens (primary N) is 1. The number of hydrogen-bond acceptors (Lipinski definition) is 4. The number of ether oxygens (including phenoxy) is 2. The molecule has 118 valence electrons. The van der Waals surface area contributed by atoms with Crippen LogP contribution in [-0.2, 0) is 9.47 Å². The van der Waals surface area contributed by atoms with Gasteiger partial charge < -0.3 is 20.5 Å². The third kappa shape index (κ3) is 7.07. The summed E-state index contributed by atoms with van der Waals surface area (Å²) in [5.74, 6) is 1.14. The van der Waals surface area contributed by atoms with Crippen LogP contribution in [0.25, 0.3) is 0 Å². The summed E-state index contributed by atoms with van der Waals surface area (Å²) in [7, 11) is 1.67. The van der Waals surface area contributed by atoms with E-state index in [-0.39, 0.29) is 12.1 Å². The van der Waals surface area contributed by atoms with Crippen molar-refractivity contribution in [3.63, 3.8) is 0 Å². The van der Waals surface area contributed by atoms with Gasteiger partial charge in [-0.25, -0.2) is 0 Å². The van der Waals surface area contributed by atoms with Gasteiger partial charge in [-0.1, -0.05) is 13.8 Å². The second-order valence-electron chi connectivity index (χ2n) is 5.87. The van der Waals surface area contributed by atoms with Crippen LogP contribution < -0.4 is 11.1 Å². The molecule has 3 N–H and O–H groups in total. The van der Waals surface area contributed by atoms with E-state index >= 15 is 0 Å². The van der Waals surface area contributed by atoms with Gasteiger partial charge in [-0.2, -0.15) is 0 Å². The quantitative estimate of drug-likeness (QED) is 0.520. The fourth-order valence-corrected chi connectivity index (χ4v) is 2.36. The highest BCUT2D eigenvalue weighted by Gasteiger charge is 2.20. The summed E-state index contributed by atoms with van der Waals surface area (Å²) in [5, 5.41) is 3.10. The largest absolute Gasteiger partial charge is 0.383 e. The Labute approximate surface area is 122 Å². The zero-order chi connectivity index (χ0) is 15.0. The maximum Gasteiger partial charge on any atom is 0.188 e. The van der Waals surface area contributed by atoms with E-state index < -0.39 is 0 Å². The Bertz CT molecular complexity index is 297. The van der Waals surface area contributed by atoms with Crippen LogP contribution in [0, 0.1) is 5.92 Å². The molecule has 0 spiro atoms. The SMILES string of the molecule is COCC(C)NC(N)=NCC1CN(CC(C)C)CCO1. The molecule has 0 aromatic heterocycles. The van der Waals surface area contributed by atoms with E-state index in [0.717, 1.165) is 26.2 Å². The summed E-state index contributed by atoms with van der Waals surface area (Å²) >= 11 is 0. The first-order valence-corrected chi connectivity index (χ1v) is 7.40. The van der Waals surface area contributed by atoms with Crippen LogP contribution in [-0.4, -0.2) is 69.5 Å². The van der Waals surface area contributed by atoms with Crippen LogP contribution in [0.5, 0.6) is 0 Å². The monoisotopic (exact) mass is 286 g/mol. The van der Waals surface area contributed by atoms with Gasteiger partial charge >= 0.3 is 0 Å². The molecule has 1 fully saturated rings. The number of hydrogen-bond donors (Lipinski definition) is 2. The van der Waals surface area contributed by atoms with Crippen LogP contribution in [0.15, 0.2) is 4.99 Å². The summed E-state index contributed by atoms with van der Waals surface area (Å²) in [6.45, 7) is 11.5. The fourth-order valence-electron chi connectivity index (χ4n) is 2.36. The highest BCUT2D eigenvalue weighted by atomic mass is 16.5. The highest BCUT2D eigenvalue weighted by molar-refractivity contribution is 5.78. The molecular weight excluding hydrogens is 256 g/mol. The molecule has 6 heteroatoms. The normalized spacial score (nSPS) is 23.1. The zero-order valence-electron chi connectivity index (χ0n) is 13.3. The summed E-state index contributed by atoms with van der Waals surface area (Å²) in [5.41, 5.74) is 5.85. The van der Waals surface area contributed by atoms with Crippen molar-refractivity contribution in [1.29, 1.82) is 0 Å². The number of morpholine rings is 1. The van der Waals surface area contributed by atoms with Crippen molar-refractivity contribution in [2.24, 2.45) is 16.6 Å². The molecule has 1 aliphatic rings. The number of aliphatic imine (C=N–C) groups is 1. The number of rotatable bonds is 7. The Balaban J connectivity index is 2.32. The van der Waals surface area contributed by atoms with Crippen LogP contribution in [0.3, 0.4) is 0 Å². The van der Waals surface area contributed by atoms with E-state index in [2.05, 4.69) is 29.1 Å². The summed E-state index contributed by atoms with van der Waals surface area (Å²) < 4.78 is 10.8. The molecule has 0 aromatic carbocycles. The smallest absolute Gasteiger partial charge is 0.188 e. The van der Waals surface area contributed by atoms with E-state index in [1.54, 1.807) is 7.11 Å². The van der Waals surface area contributed by atoms with E-state index in [1.807, 2.05) is 6.92 Å². The average molecular weight is 286 g/mol. The Hall–Kier alpha value is -0.850. The van der Waals surface area contributed by atoms with Crippen molar-refractivity contribution in [3.05, 3.63) is 0 Å². The van der Waals surface area contributed by atoms with E-state index in [4.69, 9.17) is 15.2 Å². The first-order valence-electron chi connectivity index (χ1n) is 7.40. The maximum absolute atomic E-state index is 5.85. The molecule has 0 amide bonds. The van der Waals surface area contributed by atoms with Gasteiger partial charge in [-0.3, -0.25) is 9.89 Å². The van der Waals surface area contributed by atoms with Crippen LogP contribution in [0.4, 0.5) is 0 Å². The van der Waals surface area contributed by atoms with Gasteiger partial charge in [0.15, 0.2) is 5.96 Å².